The van der Waals surface area contributed by atoms with Crippen molar-refractivity contribution in [2.75, 3.05) is 0 Å². The van der Waals surface area contributed by atoms with Crippen LogP contribution in [-0.2, 0) is 24.2 Å². The van der Waals surface area contributed by atoms with Crippen LogP contribution in [0.15, 0.2) is 52.9 Å². The zero-order valence-corrected chi connectivity index (χ0v) is 17.7. The molecule has 0 saturated carbocycles. The Kier molecular flexibility index (Phi) is 5.99. The monoisotopic (exact) mass is 383 g/mol. The Bertz CT molecular complexity index is 896. The van der Waals surface area contributed by atoms with Crippen LogP contribution in [0.4, 0.5) is 0 Å². The van der Waals surface area contributed by atoms with Crippen molar-refractivity contribution >= 4 is 22.3 Å². The average Bonchev–Trinajstić information content (AvgIpc) is 2.95. The lowest BCUT2D eigenvalue weighted by Crippen LogP contribution is -2.41. The van der Waals surface area contributed by atoms with E-state index in [9.17, 15) is 4.55 Å². The minimum Gasteiger partial charge on any atom is -0.598 e. The number of benzene rings is 2. The minimum absolute atomic E-state index is 0.0308. The summed E-state index contributed by atoms with van der Waals surface area (Å²) in [5, 5.41) is 1.16. The van der Waals surface area contributed by atoms with Crippen LogP contribution < -0.4 is 4.72 Å². The normalized spacial score (nSPS) is 14.4. The van der Waals surface area contributed by atoms with E-state index in [0.29, 0.717) is 0 Å². The number of hydrogen-bond donors (Lipinski definition) is 1. The fraction of sp³-hybridized carbons (Fsp3) is 0.391. The zero-order valence-electron chi connectivity index (χ0n) is 16.8. The molecule has 0 saturated heterocycles. The molecule has 3 rings (SSSR count). The summed E-state index contributed by atoms with van der Waals surface area (Å²) >= 11 is -1.15. The van der Waals surface area contributed by atoms with Crippen molar-refractivity contribution in [1.82, 2.24) is 4.72 Å². The standard InChI is InChI=1S/C23H29NO2S/c1-6-19-16(2)26-22-13-12-18(15-20(19)22)21(24-27(25)23(3,4)5)14-17-10-8-7-9-11-17/h7-13,15,21,24H,6,14H2,1-5H3. The number of rotatable bonds is 6. The molecule has 1 heterocycles. The Morgan fingerprint density at radius 2 is 1.81 bits per heavy atom. The largest absolute Gasteiger partial charge is 0.598 e. The average molecular weight is 384 g/mol. The van der Waals surface area contributed by atoms with Crippen LogP contribution in [0.2, 0.25) is 0 Å². The number of furan rings is 1. The van der Waals surface area contributed by atoms with Gasteiger partial charge in [0.2, 0.25) is 0 Å². The summed E-state index contributed by atoms with van der Waals surface area (Å²) in [5.74, 6) is 0.982. The molecule has 4 heteroatoms. The van der Waals surface area contributed by atoms with Gasteiger partial charge in [0.25, 0.3) is 0 Å². The van der Waals surface area contributed by atoms with Crippen LogP contribution in [0, 0.1) is 6.92 Å². The number of nitrogens with one attached hydrogen (secondary N) is 1. The predicted molar refractivity (Wildman–Crippen MR) is 114 cm³/mol. The van der Waals surface area contributed by atoms with E-state index in [2.05, 4.69) is 35.9 Å². The molecule has 27 heavy (non-hydrogen) atoms. The molecule has 144 valence electrons. The van der Waals surface area contributed by atoms with Gasteiger partial charge >= 0.3 is 0 Å². The van der Waals surface area contributed by atoms with Gasteiger partial charge in [0, 0.05) is 22.3 Å². The highest BCUT2D eigenvalue weighted by atomic mass is 32.2. The van der Waals surface area contributed by atoms with Gasteiger partial charge in [-0.15, -0.1) is 4.72 Å². The molecule has 3 nitrogen and oxygen atoms in total. The topological polar surface area (TPSA) is 48.2 Å². The van der Waals surface area contributed by atoms with Crippen molar-refractivity contribution in [3.63, 3.8) is 0 Å². The van der Waals surface area contributed by atoms with Gasteiger partial charge in [-0.05, 0) is 63.8 Å². The second-order valence-electron chi connectivity index (χ2n) is 7.99. The molecule has 0 amide bonds. The van der Waals surface area contributed by atoms with Crippen molar-refractivity contribution in [2.24, 2.45) is 0 Å². The molecule has 0 aliphatic rings. The molecule has 0 radical (unpaired) electrons. The van der Waals surface area contributed by atoms with Gasteiger partial charge in [0.1, 0.15) is 16.1 Å². The lowest BCUT2D eigenvalue weighted by molar-refractivity contribution is 0.522. The summed E-state index contributed by atoms with van der Waals surface area (Å²) in [5.41, 5.74) is 4.53. The first-order valence-corrected chi connectivity index (χ1v) is 10.7. The third kappa shape index (κ3) is 4.57. The lowest BCUT2D eigenvalue weighted by Gasteiger charge is -2.28. The highest BCUT2D eigenvalue weighted by Crippen LogP contribution is 2.31. The zero-order chi connectivity index (χ0) is 19.6. The van der Waals surface area contributed by atoms with Crippen molar-refractivity contribution < 1.29 is 8.97 Å². The summed E-state index contributed by atoms with van der Waals surface area (Å²) in [6.07, 6.45) is 1.72. The highest BCUT2D eigenvalue weighted by Gasteiger charge is 2.30. The van der Waals surface area contributed by atoms with E-state index in [-0.39, 0.29) is 10.8 Å². The molecule has 2 unspecified atom stereocenters. The Hall–Kier alpha value is -1.75. The van der Waals surface area contributed by atoms with Gasteiger partial charge < -0.3 is 8.97 Å². The molecular formula is C23H29NO2S. The Morgan fingerprint density at radius 3 is 2.44 bits per heavy atom. The molecule has 1 aromatic heterocycles. The van der Waals surface area contributed by atoms with Gasteiger partial charge in [-0.3, -0.25) is 0 Å². The van der Waals surface area contributed by atoms with Gasteiger partial charge in [-0.2, -0.15) is 0 Å². The summed E-state index contributed by atoms with van der Waals surface area (Å²) in [4.78, 5) is 0. The van der Waals surface area contributed by atoms with Crippen LogP contribution in [0.25, 0.3) is 11.0 Å². The summed E-state index contributed by atoms with van der Waals surface area (Å²) in [6, 6.07) is 16.6. The number of aryl methyl sites for hydroxylation is 2. The minimum atomic E-state index is -1.15. The maximum Gasteiger partial charge on any atom is 0.136 e. The molecule has 0 bridgehead atoms. The molecule has 2 atom stereocenters. The molecule has 3 aromatic rings. The van der Waals surface area contributed by atoms with E-state index in [0.717, 1.165) is 35.1 Å². The third-order valence-corrected chi connectivity index (χ3v) is 6.47. The fourth-order valence-electron chi connectivity index (χ4n) is 3.33. The first kappa shape index (κ1) is 20.0. The first-order valence-electron chi connectivity index (χ1n) is 9.53. The fourth-order valence-corrected chi connectivity index (χ4v) is 4.16. The molecular weight excluding hydrogens is 354 g/mol. The van der Waals surface area contributed by atoms with Crippen molar-refractivity contribution in [2.45, 2.75) is 58.2 Å². The van der Waals surface area contributed by atoms with E-state index < -0.39 is 11.4 Å². The van der Waals surface area contributed by atoms with Gasteiger partial charge in [-0.25, -0.2) is 0 Å². The summed E-state index contributed by atoms with van der Waals surface area (Å²) < 4.78 is 21.8. The van der Waals surface area contributed by atoms with Gasteiger partial charge in [0.15, 0.2) is 0 Å². The number of hydrogen-bond acceptors (Lipinski definition) is 3. The molecule has 0 aliphatic carbocycles. The van der Waals surface area contributed by atoms with Crippen LogP contribution >= 0.6 is 0 Å². The molecule has 0 fully saturated rings. The van der Waals surface area contributed by atoms with Crippen LogP contribution in [-0.4, -0.2) is 9.30 Å². The third-order valence-electron chi connectivity index (χ3n) is 4.86. The smallest absolute Gasteiger partial charge is 0.136 e. The van der Waals surface area contributed by atoms with E-state index >= 15 is 0 Å². The van der Waals surface area contributed by atoms with Crippen LogP contribution in [0.1, 0.15) is 56.2 Å². The first-order chi connectivity index (χ1) is 12.8. The molecule has 0 spiro atoms. The highest BCUT2D eigenvalue weighted by molar-refractivity contribution is 7.90. The maximum atomic E-state index is 12.8. The Balaban J connectivity index is 1.99. The van der Waals surface area contributed by atoms with Crippen LogP contribution in [0.3, 0.4) is 0 Å². The Morgan fingerprint density at radius 1 is 1.11 bits per heavy atom. The van der Waals surface area contributed by atoms with Crippen molar-refractivity contribution in [3.05, 3.63) is 71.0 Å². The number of fused-ring (bicyclic) bond motifs is 1. The Labute approximate surface area is 165 Å². The quantitative estimate of drug-likeness (QED) is 0.560. The van der Waals surface area contributed by atoms with E-state index in [4.69, 9.17) is 4.42 Å². The lowest BCUT2D eigenvalue weighted by atomic mass is 9.97. The van der Waals surface area contributed by atoms with Gasteiger partial charge in [0.05, 0.1) is 6.04 Å². The van der Waals surface area contributed by atoms with Crippen LogP contribution in [0.5, 0.6) is 0 Å². The molecule has 1 N–H and O–H groups in total. The van der Waals surface area contributed by atoms with E-state index in [1.54, 1.807) is 0 Å². The van der Waals surface area contributed by atoms with E-state index in [1.807, 2.05) is 52.0 Å². The second kappa shape index (κ2) is 8.09. The van der Waals surface area contributed by atoms with E-state index in [1.165, 1.54) is 11.1 Å². The van der Waals surface area contributed by atoms with Crippen molar-refractivity contribution in [3.8, 4) is 0 Å². The predicted octanol–water partition coefficient (Wildman–Crippen LogP) is 5.64. The molecule has 2 aromatic carbocycles. The maximum absolute atomic E-state index is 12.8. The second-order valence-corrected chi connectivity index (χ2v) is 9.99. The molecule has 0 aliphatic heterocycles. The SMILES string of the molecule is CCc1c(C)oc2ccc(C(Cc3ccccc3)N[S+]([O-])C(C)(C)C)cc12. The van der Waals surface area contributed by atoms with Crippen molar-refractivity contribution in [1.29, 1.82) is 0 Å². The summed E-state index contributed by atoms with van der Waals surface area (Å²) in [6.45, 7) is 10.2. The van der Waals surface area contributed by atoms with Gasteiger partial charge in [-0.1, -0.05) is 43.3 Å². The summed E-state index contributed by atoms with van der Waals surface area (Å²) in [7, 11) is 0.